The molecule has 2 N–H and O–H groups in total. The highest BCUT2D eigenvalue weighted by Gasteiger charge is 2.25. The summed E-state index contributed by atoms with van der Waals surface area (Å²) >= 11 is 0. The molecule has 2 heterocycles. The van der Waals surface area contributed by atoms with Gasteiger partial charge in [0.05, 0.1) is 19.2 Å². The lowest BCUT2D eigenvalue weighted by Crippen LogP contribution is -2.42. The third-order valence-corrected chi connectivity index (χ3v) is 5.49. The molecule has 1 aromatic carbocycles. The second-order valence-electron chi connectivity index (χ2n) is 9.39. The molecule has 7 nitrogen and oxygen atoms in total. The second-order valence-corrected chi connectivity index (χ2v) is 9.39. The topological polar surface area (TPSA) is 76.4 Å². The number of ether oxygens (including phenoxy) is 1. The maximum atomic E-state index is 5.82. The van der Waals surface area contributed by atoms with Crippen LogP contribution < -0.4 is 15.4 Å². The number of benzene rings is 1. The second kappa shape index (κ2) is 11.9. The SMILES string of the molecule is CCNC(=NCC(C)(C)c1ccc(OCC(C)C)cc1)NC1CCCn2nc(C)nc21.I. The smallest absolute Gasteiger partial charge is 0.191 e. The van der Waals surface area contributed by atoms with Crippen LogP contribution in [0.15, 0.2) is 29.3 Å². The lowest BCUT2D eigenvalue weighted by molar-refractivity contribution is 0.271. The third kappa shape index (κ3) is 7.08. The number of guanidine groups is 1. The van der Waals surface area contributed by atoms with Crippen molar-refractivity contribution in [2.75, 3.05) is 19.7 Å². The Bertz CT molecular complexity index is 875. The van der Waals surface area contributed by atoms with Gasteiger partial charge in [-0.25, -0.2) is 9.67 Å². The average molecular weight is 555 g/mol. The molecule has 0 aliphatic carbocycles. The van der Waals surface area contributed by atoms with Crippen molar-refractivity contribution in [2.45, 2.75) is 72.4 Å². The minimum Gasteiger partial charge on any atom is -0.493 e. The number of nitrogens with zero attached hydrogens (tertiary/aromatic N) is 4. The summed E-state index contributed by atoms with van der Waals surface area (Å²) in [6, 6.07) is 8.55. The van der Waals surface area contributed by atoms with E-state index in [9.17, 15) is 0 Å². The maximum absolute atomic E-state index is 5.82. The van der Waals surface area contributed by atoms with Crippen LogP contribution in [-0.2, 0) is 12.0 Å². The molecule has 0 radical (unpaired) electrons. The van der Waals surface area contributed by atoms with E-state index in [-0.39, 0.29) is 35.4 Å². The number of halogens is 1. The van der Waals surface area contributed by atoms with Crippen LogP contribution in [0.5, 0.6) is 5.75 Å². The Kier molecular flexibility index (Phi) is 9.79. The van der Waals surface area contributed by atoms with Crippen LogP contribution in [-0.4, -0.2) is 40.4 Å². The summed E-state index contributed by atoms with van der Waals surface area (Å²) in [5.74, 6) is 4.09. The lowest BCUT2D eigenvalue weighted by atomic mass is 9.85. The summed E-state index contributed by atoms with van der Waals surface area (Å²) in [7, 11) is 0. The van der Waals surface area contributed by atoms with E-state index >= 15 is 0 Å². The van der Waals surface area contributed by atoms with Crippen LogP contribution in [0.25, 0.3) is 0 Å². The van der Waals surface area contributed by atoms with E-state index < -0.39 is 0 Å². The molecule has 0 bridgehead atoms. The highest BCUT2D eigenvalue weighted by Crippen LogP contribution is 2.26. The van der Waals surface area contributed by atoms with Crippen LogP contribution in [0.2, 0.25) is 0 Å². The predicted octanol–water partition coefficient (Wildman–Crippen LogP) is 4.61. The fourth-order valence-corrected chi connectivity index (χ4v) is 3.72. The summed E-state index contributed by atoms with van der Waals surface area (Å²) in [4.78, 5) is 9.55. The van der Waals surface area contributed by atoms with Crippen LogP contribution in [0.4, 0.5) is 0 Å². The molecule has 32 heavy (non-hydrogen) atoms. The van der Waals surface area contributed by atoms with Gasteiger partial charge in [0, 0.05) is 18.5 Å². The normalized spacial score (nSPS) is 16.3. The molecule has 0 spiro atoms. The fourth-order valence-electron chi connectivity index (χ4n) is 3.72. The minimum absolute atomic E-state index is 0. The van der Waals surface area contributed by atoms with Crippen molar-refractivity contribution in [3.63, 3.8) is 0 Å². The van der Waals surface area contributed by atoms with Crippen LogP contribution in [0.3, 0.4) is 0 Å². The Morgan fingerprint density at radius 2 is 2.00 bits per heavy atom. The molecule has 1 unspecified atom stereocenters. The molecule has 0 saturated heterocycles. The molecule has 0 amide bonds. The van der Waals surface area contributed by atoms with Gasteiger partial charge in [-0.1, -0.05) is 39.8 Å². The Morgan fingerprint density at radius 1 is 1.28 bits per heavy atom. The van der Waals surface area contributed by atoms with Crippen molar-refractivity contribution in [1.82, 2.24) is 25.4 Å². The Balaban J connectivity index is 0.00000363. The molecule has 1 aliphatic heterocycles. The highest BCUT2D eigenvalue weighted by molar-refractivity contribution is 14.0. The Hall–Kier alpha value is -1.84. The van der Waals surface area contributed by atoms with Gasteiger partial charge in [-0.3, -0.25) is 4.99 Å². The number of hydrogen-bond donors (Lipinski definition) is 2. The quantitative estimate of drug-likeness (QED) is 0.283. The highest BCUT2D eigenvalue weighted by atomic mass is 127. The summed E-state index contributed by atoms with van der Waals surface area (Å²) in [6.07, 6.45) is 2.12. The number of hydrogen-bond acceptors (Lipinski definition) is 4. The number of aromatic nitrogens is 3. The molecule has 3 rings (SSSR count). The van der Waals surface area contributed by atoms with E-state index in [2.05, 4.69) is 79.6 Å². The number of nitrogens with one attached hydrogen (secondary N) is 2. The molecular formula is C24H39IN6O. The zero-order chi connectivity index (χ0) is 22.4. The van der Waals surface area contributed by atoms with Gasteiger partial charge in [-0.05, 0) is 50.3 Å². The number of rotatable bonds is 8. The van der Waals surface area contributed by atoms with E-state index in [1.807, 2.05) is 11.6 Å². The van der Waals surface area contributed by atoms with Crippen LogP contribution >= 0.6 is 24.0 Å². The van der Waals surface area contributed by atoms with Crippen molar-refractivity contribution in [3.8, 4) is 5.75 Å². The first-order valence-electron chi connectivity index (χ1n) is 11.5. The lowest BCUT2D eigenvalue weighted by Gasteiger charge is -2.27. The molecule has 1 aromatic heterocycles. The first-order chi connectivity index (χ1) is 14.8. The van der Waals surface area contributed by atoms with E-state index in [1.54, 1.807) is 0 Å². The summed E-state index contributed by atoms with van der Waals surface area (Å²) in [5.41, 5.74) is 1.15. The average Bonchev–Trinajstić information content (AvgIpc) is 3.12. The van der Waals surface area contributed by atoms with Crippen molar-refractivity contribution in [1.29, 1.82) is 0 Å². The van der Waals surface area contributed by atoms with E-state index in [1.165, 1.54) is 5.56 Å². The largest absolute Gasteiger partial charge is 0.493 e. The van der Waals surface area contributed by atoms with E-state index in [4.69, 9.17) is 9.73 Å². The van der Waals surface area contributed by atoms with Gasteiger partial charge in [0.2, 0.25) is 0 Å². The Labute approximate surface area is 209 Å². The van der Waals surface area contributed by atoms with Crippen molar-refractivity contribution < 1.29 is 4.74 Å². The van der Waals surface area contributed by atoms with Gasteiger partial charge in [0.25, 0.3) is 0 Å². The number of fused-ring (bicyclic) bond motifs is 1. The predicted molar refractivity (Wildman–Crippen MR) is 141 cm³/mol. The van der Waals surface area contributed by atoms with Gasteiger partial charge < -0.3 is 15.4 Å². The molecule has 1 aliphatic rings. The molecule has 8 heteroatoms. The van der Waals surface area contributed by atoms with E-state index in [0.717, 1.165) is 55.9 Å². The van der Waals surface area contributed by atoms with Gasteiger partial charge in [-0.15, -0.1) is 24.0 Å². The monoisotopic (exact) mass is 554 g/mol. The summed E-state index contributed by atoms with van der Waals surface area (Å²) in [6.45, 7) is 16.0. The zero-order valence-corrected chi connectivity index (χ0v) is 22.6. The summed E-state index contributed by atoms with van der Waals surface area (Å²) in [5, 5.41) is 11.5. The van der Waals surface area contributed by atoms with Gasteiger partial charge in [0.1, 0.15) is 17.4 Å². The maximum Gasteiger partial charge on any atom is 0.191 e. The van der Waals surface area contributed by atoms with Crippen LogP contribution in [0.1, 0.15) is 70.7 Å². The molecule has 2 aromatic rings. The van der Waals surface area contributed by atoms with Gasteiger partial charge in [-0.2, -0.15) is 5.10 Å². The number of aryl methyl sites for hydroxylation is 2. The van der Waals surface area contributed by atoms with Gasteiger partial charge >= 0.3 is 0 Å². The molecular weight excluding hydrogens is 515 g/mol. The Morgan fingerprint density at radius 3 is 2.66 bits per heavy atom. The minimum atomic E-state index is -0.0951. The summed E-state index contributed by atoms with van der Waals surface area (Å²) < 4.78 is 7.84. The first kappa shape index (κ1) is 26.4. The molecule has 0 saturated carbocycles. The fraction of sp³-hybridized carbons (Fsp3) is 0.625. The third-order valence-electron chi connectivity index (χ3n) is 5.49. The standard InChI is InChI=1S/C24H38N6O.HI/c1-7-25-23(28-21-9-8-14-30-22(21)27-18(4)29-30)26-16-24(5,6)19-10-12-20(13-11-19)31-15-17(2)3;/h10-13,17,21H,7-9,14-16H2,1-6H3,(H2,25,26,28);1H. The first-order valence-corrected chi connectivity index (χ1v) is 11.5. The molecule has 178 valence electrons. The zero-order valence-electron chi connectivity index (χ0n) is 20.3. The van der Waals surface area contributed by atoms with Crippen LogP contribution in [0, 0.1) is 12.8 Å². The van der Waals surface area contributed by atoms with Gasteiger partial charge in [0.15, 0.2) is 5.96 Å². The van der Waals surface area contributed by atoms with Crippen molar-refractivity contribution in [2.24, 2.45) is 10.9 Å². The molecule has 1 atom stereocenters. The van der Waals surface area contributed by atoms with Crippen molar-refractivity contribution in [3.05, 3.63) is 41.5 Å². The van der Waals surface area contributed by atoms with Crippen molar-refractivity contribution >= 4 is 29.9 Å². The van der Waals surface area contributed by atoms with E-state index in [0.29, 0.717) is 12.5 Å². The number of aliphatic imine (C=N–C) groups is 1. The molecule has 0 fully saturated rings.